The number of benzene rings is 2. The summed E-state index contributed by atoms with van der Waals surface area (Å²) < 4.78 is 0. The molecule has 3 amide bonds. The topological polar surface area (TPSA) is 83.6 Å². The van der Waals surface area contributed by atoms with Gasteiger partial charge in [0.15, 0.2) is 5.78 Å². The van der Waals surface area contributed by atoms with Crippen LogP contribution in [-0.2, 0) is 29.0 Å². The zero-order valence-corrected chi connectivity index (χ0v) is 18.0. The molecule has 160 valence electrons. The lowest BCUT2D eigenvalue weighted by atomic mass is 9.89. The van der Waals surface area contributed by atoms with Crippen LogP contribution in [0.15, 0.2) is 42.5 Å². The molecule has 1 N–H and O–H groups in total. The van der Waals surface area contributed by atoms with E-state index in [0.717, 1.165) is 36.6 Å². The molecular weight excluding hydrogens is 412 g/mol. The molecule has 31 heavy (non-hydrogen) atoms. The zero-order valence-electron chi connectivity index (χ0n) is 17.2. The monoisotopic (exact) mass is 436 g/mol. The predicted molar refractivity (Wildman–Crippen MR) is 120 cm³/mol. The molecule has 2 aliphatic rings. The normalized spacial score (nSPS) is 15.7. The largest absolute Gasteiger partial charge is 0.326 e. The molecule has 7 heteroatoms. The maximum Gasteiger partial charge on any atom is 0.289 e. The number of hydrogen-bond donors (Lipinski definition) is 1. The lowest BCUT2D eigenvalue weighted by molar-refractivity contribution is -0.125. The highest BCUT2D eigenvalue weighted by molar-refractivity contribution is 8.14. The second kappa shape index (κ2) is 9.47. The number of thioether (sulfide) groups is 1. The van der Waals surface area contributed by atoms with Crippen molar-refractivity contribution in [2.24, 2.45) is 0 Å². The van der Waals surface area contributed by atoms with Gasteiger partial charge in [-0.1, -0.05) is 36.0 Å². The van der Waals surface area contributed by atoms with Crippen LogP contribution < -0.4 is 5.32 Å². The zero-order chi connectivity index (χ0) is 21.8. The Morgan fingerprint density at radius 1 is 0.935 bits per heavy atom. The van der Waals surface area contributed by atoms with Crippen LogP contribution in [0, 0.1) is 0 Å². The van der Waals surface area contributed by atoms with E-state index in [9.17, 15) is 19.2 Å². The van der Waals surface area contributed by atoms with Gasteiger partial charge in [0, 0.05) is 24.1 Å². The number of ketones is 1. The average Bonchev–Trinajstić information content (AvgIpc) is 3.10. The first-order chi connectivity index (χ1) is 15.0. The molecule has 2 aromatic rings. The van der Waals surface area contributed by atoms with Gasteiger partial charge in [0.05, 0.1) is 12.3 Å². The molecule has 1 heterocycles. The molecule has 0 aromatic heterocycles. The highest BCUT2D eigenvalue weighted by Gasteiger charge is 2.29. The Bertz CT molecular complexity index is 1020. The molecule has 6 nitrogen and oxygen atoms in total. The summed E-state index contributed by atoms with van der Waals surface area (Å²) >= 11 is 1.01. The fraction of sp³-hybridized carbons (Fsp3) is 0.333. The Morgan fingerprint density at radius 2 is 1.68 bits per heavy atom. The van der Waals surface area contributed by atoms with E-state index in [2.05, 4.69) is 5.32 Å². The van der Waals surface area contributed by atoms with E-state index < -0.39 is 0 Å². The van der Waals surface area contributed by atoms with Gasteiger partial charge in [-0.15, -0.1) is 0 Å². The average molecular weight is 437 g/mol. The predicted octanol–water partition coefficient (Wildman–Crippen LogP) is 4.36. The van der Waals surface area contributed by atoms with Crippen LogP contribution >= 0.6 is 11.8 Å². The van der Waals surface area contributed by atoms with E-state index in [1.165, 1.54) is 22.4 Å². The van der Waals surface area contributed by atoms with Crippen LogP contribution in [0.25, 0.3) is 0 Å². The summed E-state index contributed by atoms with van der Waals surface area (Å²) in [5.74, 6) is -0.232. The van der Waals surface area contributed by atoms with E-state index in [0.29, 0.717) is 11.3 Å². The maximum absolute atomic E-state index is 12.5. The third-order valence-electron chi connectivity index (χ3n) is 5.67. The number of amides is 3. The van der Waals surface area contributed by atoms with Gasteiger partial charge in [0.25, 0.3) is 5.24 Å². The number of aryl methyl sites for hydroxylation is 2. The molecule has 1 aliphatic heterocycles. The first-order valence-electron chi connectivity index (χ1n) is 10.5. The summed E-state index contributed by atoms with van der Waals surface area (Å²) in [5, 5.41) is 2.56. The van der Waals surface area contributed by atoms with Crippen LogP contribution in [0.2, 0.25) is 0 Å². The van der Waals surface area contributed by atoms with Crippen LogP contribution in [0.3, 0.4) is 0 Å². The summed E-state index contributed by atoms with van der Waals surface area (Å²) in [7, 11) is 0. The minimum absolute atomic E-state index is 0.0170. The van der Waals surface area contributed by atoms with Crippen molar-refractivity contribution in [3.05, 3.63) is 64.7 Å². The maximum atomic E-state index is 12.5. The van der Waals surface area contributed by atoms with Crippen molar-refractivity contribution < 1.29 is 19.2 Å². The number of rotatable bonds is 7. The van der Waals surface area contributed by atoms with Crippen molar-refractivity contribution in [3.8, 4) is 0 Å². The molecule has 0 radical (unpaired) electrons. The molecule has 0 bridgehead atoms. The lowest BCUT2D eigenvalue weighted by Crippen LogP contribution is -2.27. The van der Waals surface area contributed by atoms with Crippen molar-refractivity contribution in [1.29, 1.82) is 0 Å². The molecule has 2 aromatic carbocycles. The lowest BCUT2D eigenvalue weighted by Gasteiger charge is -2.16. The molecule has 0 unspecified atom stereocenters. The summed E-state index contributed by atoms with van der Waals surface area (Å²) in [4.78, 5) is 49.4. The van der Waals surface area contributed by atoms with Crippen molar-refractivity contribution in [1.82, 2.24) is 4.90 Å². The standard InChI is InChI=1S/C24H24N2O4S/c27-21(19-8-7-17-3-1-2-4-18(17)13-19)11-12-22(28)25-20-9-5-16(6-10-20)14-26-23(29)15-31-24(26)30/h5-10,13H,1-4,11-12,14-15H2,(H,25,28). The first-order valence-corrected chi connectivity index (χ1v) is 11.5. The number of Topliss-reactive ketones (excluding diaryl/α,β-unsaturated/α-hetero) is 1. The molecular formula is C24H24N2O4S. The van der Waals surface area contributed by atoms with E-state index in [-0.39, 0.29) is 48.0 Å². The van der Waals surface area contributed by atoms with Crippen LogP contribution in [0.1, 0.15) is 52.7 Å². The fourth-order valence-electron chi connectivity index (χ4n) is 3.91. The number of anilines is 1. The van der Waals surface area contributed by atoms with Crippen molar-refractivity contribution in [2.45, 2.75) is 45.1 Å². The minimum atomic E-state index is -0.231. The molecule has 1 aliphatic carbocycles. The van der Waals surface area contributed by atoms with Gasteiger partial charge in [0.1, 0.15) is 0 Å². The number of nitrogens with one attached hydrogen (secondary N) is 1. The van der Waals surface area contributed by atoms with Gasteiger partial charge < -0.3 is 5.32 Å². The van der Waals surface area contributed by atoms with Crippen molar-refractivity contribution in [2.75, 3.05) is 11.1 Å². The molecule has 4 rings (SSSR count). The number of fused-ring (bicyclic) bond motifs is 1. The number of imide groups is 1. The van der Waals surface area contributed by atoms with Gasteiger partial charge in [-0.3, -0.25) is 24.1 Å². The Labute approximate surface area is 185 Å². The Balaban J connectivity index is 1.27. The number of nitrogens with zero attached hydrogens (tertiary/aromatic N) is 1. The van der Waals surface area contributed by atoms with Crippen molar-refractivity contribution >= 4 is 40.3 Å². The third kappa shape index (κ3) is 5.22. The molecule has 0 atom stereocenters. The quantitative estimate of drug-likeness (QED) is 0.652. The molecule has 0 spiro atoms. The second-order valence-electron chi connectivity index (χ2n) is 7.89. The highest BCUT2D eigenvalue weighted by atomic mass is 32.2. The summed E-state index contributed by atoms with van der Waals surface area (Å²) in [6.07, 6.45) is 4.75. The van der Waals surface area contributed by atoms with Gasteiger partial charge in [-0.2, -0.15) is 0 Å². The summed E-state index contributed by atoms with van der Waals surface area (Å²) in [6.45, 7) is 0.230. The minimum Gasteiger partial charge on any atom is -0.326 e. The van der Waals surface area contributed by atoms with Crippen LogP contribution in [-0.4, -0.2) is 33.5 Å². The molecule has 1 fully saturated rings. The number of carbonyl (C=O) groups excluding carboxylic acids is 4. The third-order valence-corrected chi connectivity index (χ3v) is 6.53. The van der Waals surface area contributed by atoms with Crippen LogP contribution in [0.4, 0.5) is 10.5 Å². The molecule has 0 saturated carbocycles. The van der Waals surface area contributed by atoms with Gasteiger partial charge >= 0.3 is 0 Å². The van der Waals surface area contributed by atoms with Gasteiger partial charge in [-0.05, 0) is 60.6 Å². The van der Waals surface area contributed by atoms with Crippen molar-refractivity contribution in [3.63, 3.8) is 0 Å². The summed E-state index contributed by atoms with van der Waals surface area (Å²) in [5.41, 5.74) is 4.70. The van der Waals surface area contributed by atoms with Gasteiger partial charge in [-0.25, -0.2) is 0 Å². The van der Waals surface area contributed by atoms with Crippen LogP contribution in [0.5, 0.6) is 0 Å². The van der Waals surface area contributed by atoms with E-state index >= 15 is 0 Å². The number of hydrogen-bond acceptors (Lipinski definition) is 5. The second-order valence-corrected chi connectivity index (χ2v) is 8.82. The SMILES string of the molecule is O=C(CCC(=O)c1ccc2c(c1)CCCC2)Nc1ccc(CN2C(=O)CSC2=O)cc1. The summed E-state index contributed by atoms with van der Waals surface area (Å²) in [6, 6.07) is 12.9. The Morgan fingerprint density at radius 3 is 2.39 bits per heavy atom. The number of carbonyl (C=O) groups is 4. The Hall–Kier alpha value is -2.93. The van der Waals surface area contributed by atoms with E-state index in [1.807, 2.05) is 18.2 Å². The molecule has 1 saturated heterocycles. The smallest absolute Gasteiger partial charge is 0.289 e. The Kier molecular flexibility index (Phi) is 6.51. The van der Waals surface area contributed by atoms with Gasteiger partial charge in [0.2, 0.25) is 11.8 Å². The van der Waals surface area contributed by atoms with E-state index in [4.69, 9.17) is 0 Å². The highest BCUT2D eigenvalue weighted by Crippen LogP contribution is 2.24. The first kappa shape index (κ1) is 21.3. The fourth-order valence-corrected chi connectivity index (χ4v) is 4.64. The van der Waals surface area contributed by atoms with E-state index in [1.54, 1.807) is 24.3 Å².